The summed E-state index contributed by atoms with van der Waals surface area (Å²) in [5.41, 5.74) is 1.02. The van der Waals surface area contributed by atoms with E-state index in [1.54, 1.807) is 25.1 Å². The molecule has 0 heterocycles. The third-order valence-corrected chi connectivity index (χ3v) is 3.41. The number of hydrogen-bond acceptors (Lipinski definition) is 3. The van der Waals surface area contributed by atoms with E-state index in [0.717, 1.165) is 0 Å². The van der Waals surface area contributed by atoms with Gasteiger partial charge in [0.25, 0.3) is 5.91 Å². The molecule has 5 nitrogen and oxygen atoms in total. The molecule has 3 N–H and O–H groups in total. The third kappa shape index (κ3) is 3.14. The zero-order valence-corrected chi connectivity index (χ0v) is 11.8. The van der Waals surface area contributed by atoms with Crippen LogP contribution in [0, 0.1) is 6.92 Å². The number of anilines is 1. The molecule has 0 atom stereocenters. The highest BCUT2D eigenvalue weighted by Gasteiger charge is 2.14. The van der Waals surface area contributed by atoms with E-state index in [9.17, 15) is 14.7 Å². The normalized spacial score (nSPS) is 10.2. The van der Waals surface area contributed by atoms with E-state index in [4.69, 9.17) is 16.7 Å². The zero-order chi connectivity index (χ0) is 15.6. The van der Waals surface area contributed by atoms with Gasteiger partial charge in [0.1, 0.15) is 11.3 Å². The summed E-state index contributed by atoms with van der Waals surface area (Å²) in [7, 11) is 0. The van der Waals surface area contributed by atoms with Gasteiger partial charge in [-0.15, -0.1) is 0 Å². The zero-order valence-electron chi connectivity index (χ0n) is 11.1. The molecule has 0 radical (unpaired) electrons. The fourth-order valence-corrected chi connectivity index (χ4v) is 2.01. The molecular weight excluding hydrogens is 294 g/mol. The lowest BCUT2D eigenvalue weighted by atomic mass is 10.1. The van der Waals surface area contributed by atoms with Crippen LogP contribution in [0.2, 0.25) is 5.02 Å². The lowest BCUT2D eigenvalue weighted by molar-refractivity contribution is 0.0693. The lowest BCUT2D eigenvalue weighted by Gasteiger charge is -2.10. The van der Waals surface area contributed by atoms with Crippen LogP contribution in [0.1, 0.15) is 26.3 Å². The first kappa shape index (κ1) is 14.9. The summed E-state index contributed by atoms with van der Waals surface area (Å²) < 4.78 is 0. The van der Waals surface area contributed by atoms with Crippen molar-refractivity contribution < 1.29 is 19.8 Å². The van der Waals surface area contributed by atoms with E-state index in [0.29, 0.717) is 16.1 Å². The minimum atomic E-state index is -1.28. The molecule has 0 aliphatic rings. The van der Waals surface area contributed by atoms with Gasteiger partial charge in [-0.2, -0.15) is 0 Å². The number of rotatable bonds is 3. The van der Waals surface area contributed by atoms with Crippen LogP contribution in [0.25, 0.3) is 0 Å². The van der Waals surface area contributed by atoms with Crippen molar-refractivity contribution in [2.45, 2.75) is 6.92 Å². The summed E-state index contributed by atoms with van der Waals surface area (Å²) in [5, 5.41) is 21.4. The van der Waals surface area contributed by atoms with Crippen molar-refractivity contribution >= 4 is 29.2 Å². The van der Waals surface area contributed by atoms with Gasteiger partial charge >= 0.3 is 5.97 Å². The number of carboxylic acids is 1. The Labute approximate surface area is 125 Å². The van der Waals surface area contributed by atoms with Gasteiger partial charge in [0, 0.05) is 16.3 Å². The van der Waals surface area contributed by atoms with Crippen molar-refractivity contribution in [1.82, 2.24) is 0 Å². The third-order valence-electron chi connectivity index (χ3n) is 3.00. The van der Waals surface area contributed by atoms with Crippen molar-refractivity contribution in [3.05, 3.63) is 58.1 Å². The predicted octanol–water partition coefficient (Wildman–Crippen LogP) is 3.30. The summed E-state index contributed by atoms with van der Waals surface area (Å²) in [4.78, 5) is 23.1. The Balaban J connectivity index is 2.30. The molecule has 2 aromatic rings. The molecule has 0 bridgehead atoms. The van der Waals surface area contributed by atoms with Crippen LogP contribution in [0.15, 0.2) is 36.4 Å². The summed E-state index contributed by atoms with van der Waals surface area (Å²) in [6.07, 6.45) is 0. The van der Waals surface area contributed by atoms with Crippen LogP contribution in [0.5, 0.6) is 5.75 Å². The average Bonchev–Trinajstić information content (AvgIpc) is 2.43. The molecule has 0 spiro atoms. The van der Waals surface area contributed by atoms with Gasteiger partial charge in [0.15, 0.2) is 0 Å². The number of carboxylic acid groups (broad SMARTS) is 1. The van der Waals surface area contributed by atoms with E-state index in [1.165, 1.54) is 18.2 Å². The summed E-state index contributed by atoms with van der Waals surface area (Å²) >= 11 is 5.96. The first-order valence-corrected chi connectivity index (χ1v) is 6.40. The number of aromatic carboxylic acids is 1. The number of benzene rings is 2. The van der Waals surface area contributed by atoms with Gasteiger partial charge in [0.05, 0.1) is 0 Å². The largest absolute Gasteiger partial charge is 0.507 e. The molecule has 21 heavy (non-hydrogen) atoms. The van der Waals surface area contributed by atoms with E-state index >= 15 is 0 Å². The number of phenols is 1. The fraction of sp³-hybridized carbons (Fsp3) is 0.0667. The summed E-state index contributed by atoms with van der Waals surface area (Å²) in [6, 6.07) is 8.77. The highest BCUT2D eigenvalue weighted by molar-refractivity contribution is 6.32. The quantitative estimate of drug-likeness (QED) is 0.759. The molecule has 0 aliphatic heterocycles. The standard InChI is InChI=1S/C15H12ClNO4/c1-8-10(3-2-4-12(8)16)14(19)17-9-5-6-13(18)11(7-9)15(20)21/h2-7,18H,1H3,(H,17,19)(H,20,21). The SMILES string of the molecule is Cc1c(Cl)cccc1C(=O)Nc1ccc(O)c(C(=O)O)c1. The van der Waals surface area contributed by atoms with Crippen molar-refractivity contribution in [3.8, 4) is 5.75 Å². The Morgan fingerprint density at radius 2 is 1.86 bits per heavy atom. The monoisotopic (exact) mass is 305 g/mol. The number of carbonyl (C=O) groups is 2. The van der Waals surface area contributed by atoms with Crippen molar-refractivity contribution in [1.29, 1.82) is 0 Å². The molecule has 2 aromatic carbocycles. The Morgan fingerprint density at radius 1 is 1.14 bits per heavy atom. The fourth-order valence-electron chi connectivity index (χ4n) is 1.84. The van der Waals surface area contributed by atoms with Crippen LogP contribution >= 0.6 is 11.6 Å². The van der Waals surface area contributed by atoms with Gasteiger partial charge in [0.2, 0.25) is 0 Å². The molecule has 1 amide bonds. The van der Waals surface area contributed by atoms with Crippen molar-refractivity contribution in [2.24, 2.45) is 0 Å². The van der Waals surface area contributed by atoms with Crippen LogP contribution in [-0.4, -0.2) is 22.1 Å². The van der Waals surface area contributed by atoms with Crippen LogP contribution in [0.3, 0.4) is 0 Å². The van der Waals surface area contributed by atoms with Gasteiger partial charge in [-0.3, -0.25) is 4.79 Å². The number of carbonyl (C=O) groups excluding carboxylic acids is 1. The van der Waals surface area contributed by atoms with E-state index in [2.05, 4.69) is 5.32 Å². The van der Waals surface area contributed by atoms with E-state index < -0.39 is 11.9 Å². The topological polar surface area (TPSA) is 86.6 Å². The van der Waals surface area contributed by atoms with Gasteiger partial charge in [-0.05, 0) is 42.8 Å². The molecule has 2 rings (SSSR count). The average molecular weight is 306 g/mol. The summed E-state index contributed by atoms with van der Waals surface area (Å²) in [6.45, 7) is 1.72. The predicted molar refractivity (Wildman–Crippen MR) is 79.2 cm³/mol. The van der Waals surface area contributed by atoms with E-state index in [-0.39, 0.29) is 17.0 Å². The second-order valence-electron chi connectivity index (χ2n) is 4.40. The van der Waals surface area contributed by atoms with Gasteiger partial charge in [-0.1, -0.05) is 17.7 Å². The molecule has 0 unspecified atom stereocenters. The smallest absolute Gasteiger partial charge is 0.339 e. The minimum absolute atomic E-state index is 0.273. The molecule has 0 fully saturated rings. The maximum Gasteiger partial charge on any atom is 0.339 e. The number of nitrogens with one attached hydrogen (secondary N) is 1. The lowest BCUT2D eigenvalue weighted by Crippen LogP contribution is -2.14. The van der Waals surface area contributed by atoms with Crippen molar-refractivity contribution in [2.75, 3.05) is 5.32 Å². The summed E-state index contributed by atoms with van der Waals surface area (Å²) in [5.74, 6) is -2.04. The molecule has 108 valence electrons. The molecule has 6 heteroatoms. The second kappa shape index (κ2) is 5.85. The number of halogens is 1. The Hall–Kier alpha value is -2.53. The minimum Gasteiger partial charge on any atom is -0.507 e. The maximum absolute atomic E-state index is 12.2. The number of aromatic hydroxyl groups is 1. The molecular formula is C15H12ClNO4. The molecule has 0 aliphatic carbocycles. The Bertz CT molecular complexity index is 728. The highest BCUT2D eigenvalue weighted by Crippen LogP contribution is 2.23. The molecule has 0 saturated carbocycles. The Morgan fingerprint density at radius 3 is 2.52 bits per heavy atom. The number of amides is 1. The molecule has 0 aromatic heterocycles. The first-order valence-electron chi connectivity index (χ1n) is 6.03. The number of hydrogen-bond donors (Lipinski definition) is 3. The van der Waals surface area contributed by atoms with Crippen molar-refractivity contribution in [3.63, 3.8) is 0 Å². The van der Waals surface area contributed by atoms with Crippen LogP contribution in [0.4, 0.5) is 5.69 Å². The van der Waals surface area contributed by atoms with Crippen LogP contribution in [-0.2, 0) is 0 Å². The van der Waals surface area contributed by atoms with Gasteiger partial charge < -0.3 is 15.5 Å². The Kier molecular flexibility index (Phi) is 4.14. The maximum atomic E-state index is 12.2. The van der Waals surface area contributed by atoms with Crippen LogP contribution < -0.4 is 5.32 Å². The second-order valence-corrected chi connectivity index (χ2v) is 4.81. The van der Waals surface area contributed by atoms with E-state index in [1.807, 2.05) is 0 Å². The molecule has 0 saturated heterocycles. The first-order chi connectivity index (χ1) is 9.90. The van der Waals surface area contributed by atoms with Gasteiger partial charge in [-0.25, -0.2) is 4.79 Å². The highest BCUT2D eigenvalue weighted by atomic mass is 35.5.